The van der Waals surface area contributed by atoms with Crippen LogP contribution in [0.3, 0.4) is 0 Å². The summed E-state index contributed by atoms with van der Waals surface area (Å²) in [5.74, 6) is 0. The topological polar surface area (TPSA) is 96.6 Å². The SMILES string of the molecule is CC(C)(C)OC(=O)N1CC(S(=O)c2ccc(B3OC(C)(C)C(C)(C)O3)cc2)C1.O. The Hall–Kier alpha value is -1.42. The number of rotatable bonds is 3. The van der Waals surface area contributed by atoms with Gasteiger partial charge in [0.25, 0.3) is 0 Å². The van der Waals surface area contributed by atoms with Gasteiger partial charge in [-0.3, -0.25) is 4.21 Å². The number of carbonyl (C=O) groups excluding carboxylic acids is 1. The van der Waals surface area contributed by atoms with Crippen LogP contribution in [-0.4, -0.2) is 62.9 Å². The number of hydrogen-bond acceptors (Lipinski definition) is 5. The van der Waals surface area contributed by atoms with Crippen molar-refractivity contribution in [2.45, 2.75) is 75.4 Å². The lowest BCUT2D eigenvalue weighted by atomic mass is 9.79. The van der Waals surface area contributed by atoms with Crippen LogP contribution in [0.25, 0.3) is 0 Å². The molecular weight excluding hydrogens is 393 g/mol. The normalized spacial score (nSPS) is 21.9. The van der Waals surface area contributed by atoms with Crippen molar-refractivity contribution >= 4 is 29.5 Å². The summed E-state index contributed by atoms with van der Waals surface area (Å²) < 4.78 is 30.2. The van der Waals surface area contributed by atoms with Gasteiger partial charge in [-0.25, -0.2) is 4.79 Å². The molecule has 0 spiro atoms. The molecule has 1 amide bonds. The van der Waals surface area contributed by atoms with E-state index in [0.29, 0.717) is 13.1 Å². The highest BCUT2D eigenvalue weighted by Crippen LogP contribution is 2.36. The van der Waals surface area contributed by atoms with Crippen LogP contribution in [0.1, 0.15) is 48.5 Å². The molecule has 0 saturated carbocycles. The first-order valence-corrected chi connectivity index (χ1v) is 10.8. The predicted octanol–water partition coefficient (Wildman–Crippen LogP) is 1.89. The van der Waals surface area contributed by atoms with E-state index in [-0.39, 0.29) is 16.8 Å². The first-order valence-electron chi connectivity index (χ1n) is 9.63. The molecule has 1 aromatic carbocycles. The van der Waals surface area contributed by atoms with E-state index in [9.17, 15) is 9.00 Å². The Morgan fingerprint density at radius 1 is 1.10 bits per heavy atom. The molecule has 0 aromatic heterocycles. The summed E-state index contributed by atoms with van der Waals surface area (Å²) in [5.41, 5.74) is -0.403. The van der Waals surface area contributed by atoms with Gasteiger partial charge in [-0.05, 0) is 66.1 Å². The molecule has 1 aromatic rings. The first kappa shape index (κ1) is 23.9. The molecule has 7 nitrogen and oxygen atoms in total. The summed E-state index contributed by atoms with van der Waals surface area (Å²) in [5, 5.41) is -0.0739. The monoisotopic (exact) mass is 425 g/mol. The molecule has 2 aliphatic rings. The lowest BCUT2D eigenvalue weighted by molar-refractivity contribution is 0.00578. The van der Waals surface area contributed by atoms with E-state index in [1.165, 1.54) is 0 Å². The number of carbonyl (C=O) groups is 1. The van der Waals surface area contributed by atoms with Crippen LogP contribution in [0.5, 0.6) is 0 Å². The summed E-state index contributed by atoms with van der Waals surface area (Å²) in [7, 11) is -1.60. The third kappa shape index (κ3) is 5.02. The number of benzene rings is 1. The van der Waals surface area contributed by atoms with E-state index in [0.717, 1.165) is 10.4 Å². The van der Waals surface area contributed by atoms with E-state index in [2.05, 4.69) is 0 Å². The molecule has 0 aliphatic carbocycles. The molecule has 162 valence electrons. The Kier molecular flexibility index (Phi) is 6.60. The number of amides is 1. The molecule has 1 unspecified atom stereocenters. The molecule has 1 atom stereocenters. The molecule has 9 heteroatoms. The fourth-order valence-corrected chi connectivity index (χ4v) is 4.40. The highest BCUT2D eigenvalue weighted by Gasteiger charge is 2.51. The van der Waals surface area contributed by atoms with Crippen molar-refractivity contribution in [3.05, 3.63) is 24.3 Å². The Labute approximate surface area is 176 Å². The molecular formula is C20H32BNO6S. The van der Waals surface area contributed by atoms with Gasteiger partial charge in [0, 0.05) is 18.0 Å². The smallest absolute Gasteiger partial charge is 0.444 e. The van der Waals surface area contributed by atoms with Gasteiger partial charge < -0.3 is 24.4 Å². The van der Waals surface area contributed by atoms with Crippen molar-refractivity contribution in [2.24, 2.45) is 0 Å². The first-order chi connectivity index (χ1) is 12.8. The van der Waals surface area contributed by atoms with Crippen LogP contribution in [0.4, 0.5) is 4.79 Å². The highest BCUT2D eigenvalue weighted by molar-refractivity contribution is 7.85. The second kappa shape index (κ2) is 8.02. The van der Waals surface area contributed by atoms with Crippen molar-refractivity contribution in [1.29, 1.82) is 0 Å². The van der Waals surface area contributed by atoms with Gasteiger partial charge in [0.1, 0.15) is 5.60 Å². The van der Waals surface area contributed by atoms with Crippen molar-refractivity contribution in [2.75, 3.05) is 13.1 Å². The summed E-state index contributed by atoms with van der Waals surface area (Å²) in [6.07, 6.45) is -0.350. The standard InChI is InChI=1S/C20H30BNO5S.H2O/c1-18(2,3)25-17(23)22-12-16(13-22)28(24)15-10-8-14(9-11-15)21-26-19(4,5)20(6,7)27-21;/h8-11,16H,12-13H2,1-7H3;1H2. The minimum absolute atomic E-state index is 0. The van der Waals surface area contributed by atoms with E-state index in [1.807, 2.05) is 72.7 Å². The van der Waals surface area contributed by atoms with E-state index in [1.54, 1.807) is 4.90 Å². The Morgan fingerprint density at radius 2 is 1.59 bits per heavy atom. The van der Waals surface area contributed by atoms with Gasteiger partial charge in [0.05, 0.1) is 27.3 Å². The molecule has 2 N–H and O–H groups in total. The fraction of sp³-hybridized carbons (Fsp3) is 0.650. The van der Waals surface area contributed by atoms with Crippen molar-refractivity contribution in [1.82, 2.24) is 4.90 Å². The molecule has 2 saturated heterocycles. The third-order valence-electron chi connectivity index (χ3n) is 5.44. The Balaban J connectivity index is 0.00000300. The van der Waals surface area contributed by atoms with Crippen molar-refractivity contribution in [3.63, 3.8) is 0 Å². The van der Waals surface area contributed by atoms with Crippen LogP contribution < -0.4 is 5.46 Å². The fourth-order valence-electron chi connectivity index (χ4n) is 2.98. The third-order valence-corrected chi connectivity index (χ3v) is 7.08. The van der Waals surface area contributed by atoms with Gasteiger partial charge in [0.15, 0.2) is 0 Å². The maximum atomic E-state index is 12.8. The maximum Gasteiger partial charge on any atom is 0.494 e. The molecule has 0 bridgehead atoms. The summed E-state index contributed by atoms with van der Waals surface area (Å²) in [4.78, 5) is 14.4. The van der Waals surface area contributed by atoms with Crippen LogP contribution in [0.15, 0.2) is 29.2 Å². The summed E-state index contributed by atoms with van der Waals surface area (Å²) >= 11 is 0. The van der Waals surface area contributed by atoms with E-state index < -0.39 is 34.7 Å². The highest BCUT2D eigenvalue weighted by atomic mass is 32.2. The van der Waals surface area contributed by atoms with Gasteiger partial charge in [0.2, 0.25) is 0 Å². The Bertz CT molecular complexity index is 752. The minimum atomic E-state index is -1.17. The zero-order chi connectivity index (χ0) is 20.9. The molecule has 29 heavy (non-hydrogen) atoms. The minimum Gasteiger partial charge on any atom is -0.444 e. The van der Waals surface area contributed by atoms with Crippen LogP contribution in [0, 0.1) is 0 Å². The number of ether oxygens (including phenoxy) is 1. The molecule has 0 radical (unpaired) electrons. The zero-order valence-corrected chi connectivity index (χ0v) is 19.1. The molecule has 2 aliphatic heterocycles. The van der Waals surface area contributed by atoms with Crippen molar-refractivity contribution < 1.29 is 28.5 Å². The largest absolute Gasteiger partial charge is 0.494 e. The number of likely N-dealkylation sites (tertiary alicyclic amines) is 1. The van der Waals surface area contributed by atoms with Crippen LogP contribution in [0.2, 0.25) is 0 Å². The second-order valence-corrected chi connectivity index (χ2v) is 11.2. The average Bonchev–Trinajstić information content (AvgIpc) is 2.72. The van der Waals surface area contributed by atoms with Crippen molar-refractivity contribution in [3.8, 4) is 0 Å². The van der Waals surface area contributed by atoms with Gasteiger partial charge in [-0.2, -0.15) is 0 Å². The summed E-state index contributed by atoms with van der Waals surface area (Å²) in [6, 6.07) is 7.51. The van der Waals surface area contributed by atoms with E-state index in [4.69, 9.17) is 14.0 Å². The van der Waals surface area contributed by atoms with Gasteiger partial charge >= 0.3 is 13.2 Å². The zero-order valence-electron chi connectivity index (χ0n) is 18.3. The molecule has 2 heterocycles. The number of hydrogen-bond donors (Lipinski definition) is 0. The van der Waals surface area contributed by atoms with Gasteiger partial charge in [-0.1, -0.05) is 12.1 Å². The summed E-state index contributed by atoms with van der Waals surface area (Å²) in [6.45, 7) is 14.5. The lowest BCUT2D eigenvalue weighted by Gasteiger charge is -2.39. The maximum absolute atomic E-state index is 12.8. The van der Waals surface area contributed by atoms with Crippen LogP contribution in [-0.2, 0) is 24.8 Å². The average molecular weight is 425 g/mol. The quantitative estimate of drug-likeness (QED) is 0.689. The lowest BCUT2D eigenvalue weighted by Crippen LogP contribution is -2.56. The van der Waals surface area contributed by atoms with Crippen LogP contribution >= 0.6 is 0 Å². The van der Waals surface area contributed by atoms with E-state index >= 15 is 0 Å². The molecule has 3 rings (SSSR count). The second-order valence-electron chi connectivity index (χ2n) is 9.46. The molecule has 2 fully saturated rings. The number of nitrogens with zero attached hydrogens (tertiary/aromatic N) is 1. The predicted molar refractivity (Wildman–Crippen MR) is 114 cm³/mol. The Morgan fingerprint density at radius 3 is 2.03 bits per heavy atom. The van der Waals surface area contributed by atoms with Gasteiger partial charge in [-0.15, -0.1) is 0 Å².